The molecule has 0 unspecified atom stereocenters. The number of carbonyl (C=O) groups excluding carboxylic acids is 2. The van der Waals surface area contributed by atoms with Gasteiger partial charge in [0.2, 0.25) is 0 Å². The largest absolute Gasteiger partial charge is 0.488 e. The van der Waals surface area contributed by atoms with Gasteiger partial charge in [0.25, 0.3) is 0 Å². The lowest BCUT2D eigenvalue weighted by Crippen LogP contribution is -2.32. The number of halogens is 3. The summed E-state index contributed by atoms with van der Waals surface area (Å²) in [4.78, 5) is 24.2. The van der Waals surface area contributed by atoms with Crippen molar-refractivity contribution in [2.45, 2.75) is 20.5 Å². The number of aryl methyl sites for hydroxylation is 2. The van der Waals surface area contributed by atoms with Crippen LogP contribution in [-0.2, 0) is 16.2 Å². The molecular weight excluding hydrogens is 513 g/mol. The Balaban J connectivity index is 1.57. The molecule has 0 aliphatic rings. The summed E-state index contributed by atoms with van der Waals surface area (Å²) in [6.45, 7) is 3.65. The van der Waals surface area contributed by atoms with Crippen LogP contribution in [0.25, 0.3) is 0 Å². The van der Waals surface area contributed by atoms with Gasteiger partial charge in [-0.3, -0.25) is 9.59 Å². The zero-order valence-electron chi connectivity index (χ0n) is 17.8. The Hall–Kier alpha value is -3.23. The average molecular weight is 533 g/mol. The Bertz CT molecular complexity index is 1190. The molecule has 0 aromatic heterocycles. The van der Waals surface area contributed by atoms with Gasteiger partial charge in [0, 0.05) is 11.3 Å². The van der Waals surface area contributed by atoms with Gasteiger partial charge in [-0.25, -0.2) is 9.82 Å². The molecule has 0 fully saturated rings. The molecule has 0 spiro atoms. The first kappa shape index (κ1) is 24.4. The molecule has 3 aromatic carbocycles. The van der Waals surface area contributed by atoms with E-state index in [1.807, 2.05) is 32.0 Å². The van der Waals surface area contributed by atoms with E-state index in [4.69, 9.17) is 16.3 Å². The predicted molar refractivity (Wildman–Crippen MR) is 130 cm³/mol. The van der Waals surface area contributed by atoms with Crippen LogP contribution in [0, 0.1) is 19.7 Å². The summed E-state index contributed by atoms with van der Waals surface area (Å²) >= 11 is 9.40. The summed E-state index contributed by atoms with van der Waals surface area (Å²) in [7, 11) is 0. The quantitative estimate of drug-likeness (QED) is 0.249. The summed E-state index contributed by atoms with van der Waals surface area (Å²) in [6, 6.07) is 15.0. The summed E-state index contributed by atoms with van der Waals surface area (Å²) < 4.78 is 20.1. The smallest absolute Gasteiger partial charge is 0.329 e. The van der Waals surface area contributed by atoms with E-state index in [-0.39, 0.29) is 17.2 Å². The van der Waals surface area contributed by atoms with E-state index in [2.05, 4.69) is 31.8 Å². The number of nitrogens with one attached hydrogen (secondary N) is 2. The van der Waals surface area contributed by atoms with Gasteiger partial charge in [-0.2, -0.15) is 5.10 Å². The molecule has 170 valence electrons. The summed E-state index contributed by atoms with van der Waals surface area (Å²) in [5.41, 5.74) is 5.39. The van der Waals surface area contributed by atoms with E-state index in [0.29, 0.717) is 21.5 Å². The van der Waals surface area contributed by atoms with Crippen LogP contribution in [0.5, 0.6) is 5.75 Å². The number of hydrogen-bond acceptors (Lipinski definition) is 4. The fourth-order valence-electron chi connectivity index (χ4n) is 2.93. The first-order chi connectivity index (χ1) is 15.8. The Kier molecular flexibility index (Phi) is 8.19. The van der Waals surface area contributed by atoms with Crippen LogP contribution < -0.4 is 15.5 Å². The molecule has 33 heavy (non-hydrogen) atoms. The molecule has 0 saturated carbocycles. The van der Waals surface area contributed by atoms with Gasteiger partial charge in [0.05, 0.1) is 15.7 Å². The molecule has 0 saturated heterocycles. The maximum absolute atomic E-state index is 13.9. The third-order valence-electron chi connectivity index (χ3n) is 4.70. The number of benzene rings is 3. The van der Waals surface area contributed by atoms with Crippen molar-refractivity contribution < 1.29 is 18.7 Å². The first-order valence-corrected chi connectivity index (χ1v) is 11.0. The zero-order valence-corrected chi connectivity index (χ0v) is 20.1. The maximum Gasteiger partial charge on any atom is 0.329 e. The van der Waals surface area contributed by atoms with Crippen LogP contribution in [0.3, 0.4) is 0 Å². The van der Waals surface area contributed by atoms with Gasteiger partial charge in [0.1, 0.15) is 18.2 Å². The van der Waals surface area contributed by atoms with E-state index < -0.39 is 17.6 Å². The number of rotatable bonds is 6. The van der Waals surface area contributed by atoms with Crippen LogP contribution in [-0.4, -0.2) is 18.0 Å². The number of hydrazone groups is 1. The van der Waals surface area contributed by atoms with Gasteiger partial charge in [0.15, 0.2) is 0 Å². The standard InChI is InChI=1S/C24H20BrClFN3O3/c1-14-5-3-6-15(2)22(14)29-23(31)24(32)30-28-12-16-9-10-21(18(25)11-16)33-13-17-19(26)7-4-8-20(17)27/h3-12H,13H2,1-2H3,(H,29,31)(H,30,32)/b28-12-. The fourth-order valence-corrected chi connectivity index (χ4v) is 3.66. The number of hydrogen-bond donors (Lipinski definition) is 2. The summed E-state index contributed by atoms with van der Waals surface area (Å²) in [5, 5.41) is 6.70. The van der Waals surface area contributed by atoms with Crippen molar-refractivity contribution in [3.8, 4) is 5.75 Å². The second-order valence-corrected chi connectivity index (χ2v) is 8.36. The van der Waals surface area contributed by atoms with Gasteiger partial charge < -0.3 is 10.1 Å². The normalized spacial score (nSPS) is 10.8. The van der Waals surface area contributed by atoms with E-state index in [9.17, 15) is 14.0 Å². The Morgan fingerprint density at radius 3 is 2.45 bits per heavy atom. The van der Waals surface area contributed by atoms with Crippen molar-refractivity contribution in [1.82, 2.24) is 5.43 Å². The Labute approximate surface area is 203 Å². The van der Waals surface area contributed by atoms with Crippen molar-refractivity contribution in [2.24, 2.45) is 5.10 Å². The molecule has 6 nitrogen and oxygen atoms in total. The number of nitrogens with zero attached hydrogens (tertiary/aromatic N) is 1. The van der Waals surface area contributed by atoms with Gasteiger partial charge in [-0.05, 0) is 76.8 Å². The van der Waals surface area contributed by atoms with E-state index in [1.54, 1.807) is 24.3 Å². The molecule has 9 heteroatoms. The second kappa shape index (κ2) is 11.1. The summed E-state index contributed by atoms with van der Waals surface area (Å²) in [6.07, 6.45) is 1.38. The molecule has 0 heterocycles. The molecule has 2 amide bonds. The van der Waals surface area contributed by atoms with Gasteiger partial charge in [-0.1, -0.05) is 35.9 Å². The average Bonchev–Trinajstić information content (AvgIpc) is 2.77. The van der Waals surface area contributed by atoms with Crippen LogP contribution in [0.15, 0.2) is 64.2 Å². The molecule has 3 aromatic rings. The minimum absolute atomic E-state index is 0.0386. The lowest BCUT2D eigenvalue weighted by molar-refractivity contribution is -0.136. The molecule has 0 atom stereocenters. The molecule has 3 rings (SSSR count). The lowest BCUT2D eigenvalue weighted by Gasteiger charge is -2.11. The van der Waals surface area contributed by atoms with Crippen molar-refractivity contribution in [3.63, 3.8) is 0 Å². The minimum atomic E-state index is -0.894. The fraction of sp³-hybridized carbons (Fsp3) is 0.125. The van der Waals surface area contributed by atoms with Crippen LogP contribution >= 0.6 is 27.5 Å². The van der Waals surface area contributed by atoms with Crippen LogP contribution in [0.4, 0.5) is 10.1 Å². The van der Waals surface area contributed by atoms with Gasteiger partial charge >= 0.3 is 11.8 Å². The highest BCUT2D eigenvalue weighted by atomic mass is 79.9. The lowest BCUT2D eigenvalue weighted by atomic mass is 10.1. The third-order valence-corrected chi connectivity index (χ3v) is 5.67. The zero-order chi connectivity index (χ0) is 24.0. The first-order valence-electron chi connectivity index (χ1n) is 9.82. The third kappa shape index (κ3) is 6.40. The molecule has 2 N–H and O–H groups in total. The van der Waals surface area contributed by atoms with Crippen molar-refractivity contribution >= 4 is 51.2 Å². The van der Waals surface area contributed by atoms with Crippen LogP contribution in [0.2, 0.25) is 5.02 Å². The number of anilines is 1. The SMILES string of the molecule is Cc1cccc(C)c1NC(=O)C(=O)N/N=C\c1ccc(OCc2c(F)cccc2Cl)c(Br)c1. The van der Waals surface area contributed by atoms with Crippen molar-refractivity contribution in [3.05, 3.63) is 92.2 Å². The van der Waals surface area contributed by atoms with Gasteiger partial charge in [-0.15, -0.1) is 0 Å². The summed E-state index contributed by atoms with van der Waals surface area (Å²) in [5.74, 6) is -1.68. The predicted octanol–water partition coefficient (Wildman–Crippen LogP) is 5.53. The molecule has 0 aliphatic heterocycles. The second-order valence-electron chi connectivity index (χ2n) is 7.10. The van der Waals surface area contributed by atoms with Crippen molar-refractivity contribution in [2.75, 3.05) is 5.32 Å². The number of amides is 2. The van der Waals surface area contributed by atoms with Crippen LogP contribution in [0.1, 0.15) is 22.3 Å². The monoisotopic (exact) mass is 531 g/mol. The Morgan fingerprint density at radius 1 is 1.09 bits per heavy atom. The van der Waals surface area contributed by atoms with E-state index >= 15 is 0 Å². The van der Waals surface area contributed by atoms with E-state index in [0.717, 1.165) is 11.1 Å². The molecule has 0 bridgehead atoms. The van der Waals surface area contributed by atoms with Crippen molar-refractivity contribution in [1.29, 1.82) is 0 Å². The number of ether oxygens (including phenoxy) is 1. The topological polar surface area (TPSA) is 79.8 Å². The number of para-hydroxylation sites is 1. The highest BCUT2D eigenvalue weighted by molar-refractivity contribution is 9.10. The Morgan fingerprint density at radius 2 is 1.79 bits per heavy atom. The maximum atomic E-state index is 13.9. The highest BCUT2D eigenvalue weighted by Crippen LogP contribution is 2.28. The molecular formula is C24H20BrClFN3O3. The minimum Gasteiger partial charge on any atom is -0.488 e. The molecule has 0 radical (unpaired) electrons. The van der Waals surface area contributed by atoms with E-state index in [1.165, 1.54) is 18.3 Å². The molecule has 0 aliphatic carbocycles. The highest BCUT2D eigenvalue weighted by Gasteiger charge is 2.15. The number of carbonyl (C=O) groups is 2.